The third kappa shape index (κ3) is 5.21. The molecule has 0 unspecified atom stereocenters. The summed E-state index contributed by atoms with van der Waals surface area (Å²) in [6.45, 7) is 14.3. The summed E-state index contributed by atoms with van der Waals surface area (Å²) in [5.41, 5.74) is 11.4. The summed E-state index contributed by atoms with van der Waals surface area (Å²) in [7, 11) is 0. The molecule has 3 rings (SSSR count). The maximum absolute atomic E-state index is 10.9. The number of nitrogens with two attached hydrogens (primary N) is 1. The van der Waals surface area contributed by atoms with E-state index in [1.807, 2.05) is 24.3 Å². The molecule has 0 bridgehead atoms. The first kappa shape index (κ1) is 22.3. The Kier molecular flexibility index (Phi) is 6.25. The van der Waals surface area contributed by atoms with E-state index in [4.69, 9.17) is 10.7 Å². The number of benzene rings is 2. The molecule has 1 heterocycles. The van der Waals surface area contributed by atoms with E-state index in [9.17, 15) is 5.11 Å². The summed E-state index contributed by atoms with van der Waals surface area (Å²) in [6.07, 6.45) is 0. The minimum Gasteiger partial charge on any atom is -0.507 e. The van der Waals surface area contributed by atoms with Gasteiger partial charge in [-0.25, -0.2) is 4.98 Å². The lowest BCUT2D eigenvalue weighted by molar-refractivity contribution is 0.423. The lowest BCUT2D eigenvalue weighted by atomic mass is 9.78. The Hall–Kier alpha value is -2.37. The Morgan fingerprint density at radius 3 is 2.03 bits per heavy atom. The van der Waals surface area contributed by atoms with Gasteiger partial charge in [0.15, 0.2) is 0 Å². The highest BCUT2D eigenvalue weighted by Crippen LogP contribution is 2.42. The lowest BCUT2D eigenvalue weighted by Gasteiger charge is -2.28. The van der Waals surface area contributed by atoms with Crippen LogP contribution in [0, 0.1) is 0 Å². The number of hydrogen-bond acceptors (Lipinski definition) is 5. The van der Waals surface area contributed by atoms with E-state index < -0.39 is 0 Å². The molecule has 0 amide bonds. The van der Waals surface area contributed by atoms with E-state index in [1.165, 1.54) is 5.56 Å². The molecule has 3 aromatic rings. The molecule has 30 heavy (non-hydrogen) atoms. The fourth-order valence-corrected chi connectivity index (χ4v) is 4.17. The van der Waals surface area contributed by atoms with Gasteiger partial charge in [0.25, 0.3) is 0 Å². The summed E-state index contributed by atoms with van der Waals surface area (Å²) >= 11 is 1.66. The van der Waals surface area contributed by atoms with Gasteiger partial charge in [-0.3, -0.25) is 0 Å². The van der Waals surface area contributed by atoms with Crippen LogP contribution in [0.4, 0.5) is 5.69 Å². The van der Waals surface area contributed by atoms with Gasteiger partial charge in [0.2, 0.25) is 0 Å². The van der Waals surface area contributed by atoms with Crippen molar-refractivity contribution in [3.63, 3.8) is 0 Å². The Balaban J connectivity index is 1.82. The van der Waals surface area contributed by atoms with Crippen molar-refractivity contribution in [2.45, 2.75) is 65.5 Å². The minimum atomic E-state index is -0.153. The number of aromatic nitrogens is 1. The molecule has 5 heteroatoms. The first-order valence-electron chi connectivity index (χ1n) is 10.3. The zero-order chi connectivity index (χ0) is 22.1. The standard InChI is InChI=1S/C25H33N3OS/c1-24(2,3)19-11-17(12-20(23(19)29)25(4,5)6)21-15-30-22(28-21)14-27-13-16-7-9-18(26)10-8-16/h7-12,15,27,29H,13-14,26H2,1-6H3. The second-order valence-electron chi connectivity index (χ2n) is 9.89. The molecular formula is C25H33N3OS. The first-order chi connectivity index (χ1) is 13.9. The summed E-state index contributed by atoms with van der Waals surface area (Å²) in [6, 6.07) is 12.1. The highest BCUT2D eigenvalue weighted by atomic mass is 32.1. The molecule has 2 aromatic carbocycles. The van der Waals surface area contributed by atoms with Crippen molar-refractivity contribution in [2.24, 2.45) is 0 Å². The number of rotatable bonds is 5. The fourth-order valence-electron chi connectivity index (χ4n) is 3.40. The van der Waals surface area contributed by atoms with Crippen molar-refractivity contribution in [3.8, 4) is 17.0 Å². The van der Waals surface area contributed by atoms with E-state index in [0.717, 1.165) is 39.6 Å². The van der Waals surface area contributed by atoms with E-state index in [1.54, 1.807) is 11.3 Å². The van der Waals surface area contributed by atoms with Crippen LogP contribution in [-0.4, -0.2) is 10.1 Å². The lowest BCUT2D eigenvalue weighted by Crippen LogP contribution is -2.17. The van der Waals surface area contributed by atoms with Crippen molar-refractivity contribution < 1.29 is 5.11 Å². The topological polar surface area (TPSA) is 71.2 Å². The molecule has 0 fully saturated rings. The van der Waals surface area contributed by atoms with Crippen LogP contribution in [0.3, 0.4) is 0 Å². The van der Waals surface area contributed by atoms with Gasteiger partial charge in [0.1, 0.15) is 10.8 Å². The van der Waals surface area contributed by atoms with Crippen LogP contribution in [-0.2, 0) is 23.9 Å². The maximum Gasteiger partial charge on any atom is 0.123 e. The minimum absolute atomic E-state index is 0.153. The number of nitrogens with zero attached hydrogens (tertiary/aromatic N) is 1. The van der Waals surface area contributed by atoms with Gasteiger partial charge < -0.3 is 16.2 Å². The highest BCUT2D eigenvalue weighted by molar-refractivity contribution is 7.09. The van der Waals surface area contributed by atoms with Crippen molar-refractivity contribution in [1.29, 1.82) is 0 Å². The summed E-state index contributed by atoms with van der Waals surface area (Å²) in [5, 5.41) is 17.5. The van der Waals surface area contributed by atoms with Gasteiger partial charge in [0, 0.05) is 40.8 Å². The Morgan fingerprint density at radius 1 is 0.933 bits per heavy atom. The van der Waals surface area contributed by atoms with E-state index >= 15 is 0 Å². The zero-order valence-corrected chi connectivity index (χ0v) is 19.7. The van der Waals surface area contributed by atoms with E-state index in [-0.39, 0.29) is 10.8 Å². The molecule has 0 aliphatic carbocycles. The molecule has 0 radical (unpaired) electrons. The monoisotopic (exact) mass is 423 g/mol. The maximum atomic E-state index is 10.9. The average molecular weight is 424 g/mol. The van der Waals surface area contributed by atoms with Gasteiger partial charge in [-0.05, 0) is 40.7 Å². The predicted molar refractivity (Wildman–Crippen MR) is 128 cm³/mol. The Labute approximate surface area is 184 Å². The number of nitrogens with one attached hydrogen (secondary N) is 1. The number of anilines is 1. The van der Waals surface area contributed by atoms with Gasteiger partial charge in [-0.2, -0.15) is 0 Å². The molecule has 0 atom stereocenters. The van der Waals surface area contributed by atoms with Crippen LogP contribution in [0.15, 0.2) is 41.8 Å². The molecule has 0 aliphatic heterocycles. The number of phenols is 1. The number of thiazole rings is 1. The second kappa shape index (κ2) is 8.40. The molecule has 0 saturated heterocycles. The third-order valence-electron chi connectivity index (χ3n) is 5.16. The quantitative estimate of drug-likeness (QED) is 0.441. The number of phenolic OH excluding ortho intramolecular Hbond substituents is 1. The van der Waals surface area contributed by atoms with Crippen LogP contribution < -0.4 is 11.1 Å². The van der Waals surface area contributed by atoms with Gasteiger partial charge in [-0.15, -0.1) is 11.3 Å². The number of hydrogen-bond donors (Lipinski definition) is 3. The predicted octanol–water partition coefficient (Wildman–Crippen LogP) is 5.98. The third-order valence-corrected chi connectivity index (χ3v) is 6.01. The fraction of sp³-hybridized carbons (Fsp3) is 0.400. The van der Waals surface area contributed by atoms with Gasteiger partial charge >= 0.3 is 0 Å². The van der Waals surface area contributed by atoms with Crippen LogP contribution in [0.5, 0.6) is 5.75 Å². The average Bonchev–Trinajstić information content (AvgIpc) is 3.10. The molecular weight excluding hydrogens is 390 g/mol. The Bertz CT molecular complexity index is 973. The molecule has 0 saturated carbocycles. The van der Waals surface area contributed by atoms with E-state index in [2.05, 4.69) is 64.4 Å². The van der Waals surface area contributed by atoms with E-state index in [0.29, 0.717) is 12.3 Å². The highest BCUT2D eigenvalue weighted by Gasteiger charge is 2.27. The van der Waals surface area contributed by atoms with Gasteiger partial charge in [0.05, 0.1) is 5.69 Å². The van der Waals surface area contributed by atoms with Crippen LogP contribution in [0.1, 0.15) is 63.2 Å². The van der Waals surface area contributed by atoms with Crippen molar-refractivity contribution in [2.75, 3.05) is 5.73 Å². The van der Waals surface area contributed by atoms with Gasteiger partial charge in [-0.1, -0.05) is 53.7 Å². The second-order valence-corrected chi connectivity index (χ2v) is 10.8. The molecule has 160 valence electrons. The normalized spacial score (nSPS) is 12.3. The Morgan fingerprint density at radius 2 is 1.50 bits per heavy atom. The summed E-state index contributed by atoms with van der Waals surface area (Å²) < 4.78 is 0. The van der Waals surface area contributed by atoms with Crippen molar-refractivity contribution in [3.05, 3.63) is 63.5 Å². The SMILES string of the molecule is CC(C)(C)c1cc(-c2csc(CNCc3ccc(N)cc3)n2)cc(C(C)(C)C)c1O. The smallest absolute Gasteiger partial charge is 0.123 e. The molecule has 0 aliphatic rings. The van der Waals surface area contributed by atoms with Crippen LogP contribution >= 0.6 is 11.3 Å². The molecule has 4 nitrogen and oxygen atoms in total. The summed E-state index contributed by atoms with van der Waals surface area (Å²) in [5.74, 6) is 0.402. The number of aromatic hydroxyl groups is 1. The zero-order valence-electron chi connectivity index (χ0n) is 18.8. The first-order valence-corrected chi connectivity index (χ1v) is 11.2. The van der Waals surface area contributed by atoms with Crippen LogP contribution in [0.25, 0.3) is 11.3 Å². The molecule has 1 aromatic heterocycles. The van der Waals surface area contributed by atoms with Crippen LogP contribution in [0.2, 0.25) is 0 Å². The van der Waals surface area contributed by atoms with Crippen molar-refractivity contribution >= 4 is 17.0 Å². The summed E-state index contributed by atoms with van der Waals surface area (Å²) in [4.78, 5) is 4.86. The van der Waals surface area contributed by atoms with Crippen molar-refractivity contribution in [1.82, 2.24) is 10.3 Å². The molecule has 0 spiro atoms. The molecule has 4 N–H and O–H groups in total. The largest absolute Gasteiger partial charge is 0.507 e. The number of nitrogen functional groups attached to an aromatic ring is 1.